The fourth-order valence-corrected chi connectivity index (χ4v) is 3.99. The maximum atomic E-state index is 12.0. The molecule has 3 N–H and O–H groups in total. The van der Waals surface area contributed by atoms with E-state index in [1.54, 1.807) is 0 Å². The quantitative estimate of drug-likeness (QED) is 0.797. The van der Waals surface area contributed by atoms with Gasteiger partial charge in [-0.3, -0.25) is 9.59 Å². The van der Waals surface area contributed by atoms with Crippen molar-refractivity contribution >= 4 is 11.8 Å². The van der Waals surface area contributed by atoms with E-state index in [-0.39, 0.29) is 30.2 Å². The smallest absolute Gasteiger partial charge is 0.251 e. The average Bonchev–Trinajstić information content (AvgIpc) is 3.01. The van der Waals surface area contributed by atoms with Crippen molar-refractivity contribution in [3.63, 3.8) is 0 Å². The highest BCUT2D eigenvalue weighted by Crippen LogP contribution is 2.41. The molecule has 5 nitrogen and oxygen atoms in total. The van der Waals surface area contributed by atoms with E-state index in [0.717, 1.165) is 24.7 Å². The minimum atomic E-state index is -0.306. The lowest BCUT2D eigenvalue weighted by molar-refractivity contribution is -0.121. The zero-order valence-electron chi connectivity index (χ0n) is 13.3. The highest BCUT2D eigenvalue weighted by molar-refractivity contribution is 5.96. The molecule has 2 aliphatic rings. The molecule has 3 atom stereocenters. The molecule has 0 heterocycles. The van der Waals surface area contributed by atoms with Crippen molar-refractivity contribution in [2.75, 3.05) is 6.54 Å². The molecule has 0 bridgehead atoms. The fourth-order valence-electron chi connectivity index (χ4n) is 3.99. The number of phenols is 1. The van der Waals surface area contributed by atoms with Gasteiger partial charge >= 0.3 is 0 Å². The maximum Gasteiger partial charge on any atom is 0.251 e. The predicted octanol–water partition coefficient (Wildman–Crippen LogP) is 2.21. The Hall–Kier alpha value is -2.04. The van der Waals surface area contributed by atoms with Crippen LogP contribution in [-0.2, 0) is 4.79 Å². The monoisotopic (exact) mass is 316 g/mol. The van der Waals surface area contributed by atoms with Gasteiger partial charge in [-0.1, -0.05) is 19.3 Å². The van der Waals surface area contributed by atoms with Crippen LogP contribution < -0.4 is 10.6 Å². The molecular weight excluding hydrogens is 292 g/mol. The number of amides is 2. The molecule has 124 valence electrons. The number of nitrogens with one attached hydrogen (secondary N) is 2. The van der Waals surface area contributed by atoms with Crippen molar-refractivity contribution < 1.29 is 14.7 Å². The van der Waals surface area contributed by atoms with Crippen LogP contribution in [0.3, 0.4) is 0 Å². The van der Waals surface area contributed by atoms with Crippen molar-refractivity contribution in [3.8, 4) is 5.75 Å². The lowest BCUT2D eigenvalue weighted by atomic mass is 9.79. The van der Waals surface area contributed by atoms with Gasteiger partial charge in [-0.25, -0.2) is 0 Å². The Kier molecular flexibility index (Phi) is 4.84. The van der Waals surface area contributed by atoms with E-state index < -0.39 is 0 Å². The summed E-state index contributed by atoms with van der Waals surface area (Å²) in [4.78, 5) is 24.0. The van der Waals surface area contributed by atoms with Crippen molar-refractivity contribution in [2.24, 2.45) is 11.8 Å². The van der Waals surface area contributed by atoms with Crippen LogP contribution in [0.4, 0.5) is 0 Å². The first-order chi connectivity index (χ1) is 11.1. The van der Waals surface area contributed by atoms with Crippen LogP contribution in [0.5, 0.6) is 5.75 Å². The molecule has 1 aromatic rings. The van der Waals surface area contributed by atoms with E-state index in [9.17, 15) is 14.7 Å². The second-order valence-electron chi connectivity index (χ2n) is 6.76. The molecule has 3 unspecified atom stereocenters. The van der Waals surface area contributed by atoms with E-state index in [1.165, 1.54) is 49.9 Å². The summed E-state index contributed by atoms with van der Waals surface area (Å²) < 4.78 is 0. The molecule has 0 aromatic heterocycles. The number of benzene rings is 1. The number of hydrogen-bond acceptors (Lipinski definition) is 3. The summed E-state index contributed by atoms with van der Waals surface area (Å²) >= 11 is 0. The molecule has 23 heavy (non-hydrogen) atoms. The highest BCUT2D eigenvalue weighted by Gasteiger charge is 2.34. The fraction of sp³-hybridized carbons (Fsp3) is 0.556. The zero-order chi connectivity index (χ0) is 16.2. The Balaban J connectivity index is 1.42. The zero-order valence-corrected chi connectivity index (χ0v) is 13.3. The van der Waals surface area contributed by atoms with Crippen LogP contribution >= 0.6 is 0 Å². The topological polar surface area (TPSA) is 78.4 Å². The number of carbonyl (C=O) groups excluding carboxylic acids is 2. The molecule has 0 saturated heterocycles. The maximum absolute atomic E-state index is 12.0. The Bertz CT molecular complexity index is 570. The van der Waals surface area contributed by atoms with Crippen LogP contribution in [0.15, 0.2) is 24.3 Å². The molecule has 2 aliphatic carbocycles. The first kappa shape index (κ1) is 15.8. The van der Waals surface area contributed by atoms with Crippen LogP contribution in [0, 0.1) is 11.8 Å². The summed E-state index contributed by atoms with van der Waals surface area (Å²) in [6, 6.07) is 6.23. The van der Waals surface area contributed by atoms with Gasteiger partial charge in [0, 0.05) is 11.6 Å². The van der Waals surface area contributed by atoms with E-state index in [2.05, 4.69) is 10.6 Å². The molecule has 0 aliphatic heterocycles. The molecule has 3 rings (SSSR count). The molecule has 0 radical (unpaired) electrons. The molecule has 2 saturated carbocycles. The van der Waals surface area contributed by atoms with Gasteiger partial charge in [0.05, 0.1) is 6.54 Å². The minimum absolute atomic E-state index is 0.00962. The van der Waals surface area contributed by atoms with Crippen molar-refractivity contribution in [1.29, 1.82) is 0 Å². The molecule has 2 fully saturated rings. The third-order valence-electron chi connectivity index (χ3n) is 5.19. The summed E-state index contributed by atoms with van der Waals surface area (Å²) in [6.45, 7) is -0.00962. The van der Waals surface area contributed by atoms with Gasteiger partial charge in [0.1, 0.15) is 5.75 Å². The number of rotatable bonds is 4. The second kappa shape index (κ2) is 7.02. The normalized spacial score (nSPS) is 26.3. The van der Waals surface area contributed by atoms with Crippen molar-refractivity contribution in [3.05, 3.63) is 29.8 Å². The summed E-state index contributed by atoms with van der Waals surface area (Å²) in [7, 11) is 0. The van der Waals surface area contributed by atoms with Gasteiger partial charge in [0.15, 0.2) is 0 Å². The third kappa shape index (κ3) is 4.03. The Morgan fingerprint density at radius 2 is 1.78 bits per heavy atom. The van der Waals surface area contributed by atoms with Crippen LogP contribution in [-0.4, -0.2) is 29.5 Å². The summed E-state index contributed by atoms with van der Waals surface area (Å²) in [5.41, 5.74) is 0.432. The largest absolute Gasteiger partial charge is 0.508 e. The average molecular weight is 316 g/mol. The van der Waals surface area contributed by atoms with E-state index in [0.29, 0.717) is 5.56 Å². The Morgan fingerprint density at radius 1 is 1.04 bits per heavy atom. The number of carbonyl (C=O) groups is 2. The number of hydrogen-bond donors (Lipinski definition) is 3. The van der Waals surface area contributed by atoms with Crippen molar-refractivity contribution in [1.82, 2.24) is 10.6 Å². The highest BCUT2D eigenvalue weighted by atomic mass is 16.3. The first-order valence-electron chi connectivity index (χ1n) is 8.48. The molecular formula is C18H24N2O3. The van der Waals surface area contributed by atoms with Gasteiger partial charge in [0.25, 0.3) is 5.91 Å². The van der Waals surface area contributed by atoms with Crippen LogP contribution in [0.25, 0.3) is 0 Å². The molecule has 0 spiro atoms. The van der Waals surface area contributed by atoms with Gasteiger partial charge in [-0.05, 0) is 55.4 Å². The summed E-state index contributed by atoms with van der Waals surface area (Å²) in [6.07, 6.45) is 7.35. The van der Waals surface area contributed by atoms with E-state index in [1.807, 2.05) is 0 Å². The van der Waals surface area contributed by atoms with Gasteiger partial charge in [-0.2, -0.15) is 0 Å². The van der Waals surface area contributed by atoms with Gasteiger partial charge < -0.3 is 15.7 Å². The van der Waals surface area contributed by atoms with E-state index >= 15 is 0 Å². The van der Waals surface area contributed by atoms with Crippen LogP contribution in [0.2, 0.25) is 0 Å². The summed E-state index contributed by atoms with van der Waals surface area (Å²) in [5, 5.41) is 14.9. The molecule has 1 aromatic carbocycles. The Labute approximate surface area is 136 Å². The second-order valence-corrected chi connectivity index (χ2v) is 6.76. The first-order valence-corrected chi connectivity index (χ1v) is 8.48. The molecule has 5 heteroatoms. The number of fused-ring (bicyclic) bond motifs is 1. The summed E-state index contributed by atoms with van der Waals surface area (Å²) in [5.74, 6) is 1.33. The van der Waals surface area contributed by atoms with Gasteiger partial charge in [-0.15, -0.1) is 0 Å². The Morgan fingerprint density at radius 3 is 2.57 bits per heavy atom. The van der Waals surface area contributed by atoms with E-state index in [4.69, 9.17) is 0 Å². The van der Waals surface area contributed by atoms with Crippen LogP contribution in [0.1, 0.15) is 48.9 Å². The third-order valence-corrected chi connectivity index (χ3v) is 5.19. The lowest BCUT2D eigenvalue weighted by Crippen LogP contribution is -2.44. The standard InChI is InChI=1S/C18H24N2O3/c21-16-8-5-13(6-9-16)18(23)19-11-17(22)20-15-7-4-12-2-1-3-14(12)10-15/h5-6,8-9,12,14-15,21H,1-4,7,10-11H2,(H,19,23)(H,20,22). The van der Waals surface area contributed by atoms with Gasteiger partial charge in [0.2, 0.25) is 5.91 Å². The minimum Gasteiger partial charge on any atom is -0.508 e. The SMILES string of the molecule is O=C(CNC(=O)c1ccc(O)cc1)NC1CCC2CCCC2C1. The lowest BCUT2D eigenvalue weighted by Gasteiger charge is -2.32. The number of aromatic hydroxyl groups is 1. The predicted molar refractivity (Wildman–Crippen MR) is 87.1 cm³/mol. The van der Waals surface area contributed by atoms with Crippen molar-refractivity contribution in [2.45, 2.75) is 44.6 Å². The molecule has 2 amide bonds. The number of phenolic OH excluding ortho intramolecular Hbond substituents is 1.